The molecule has 4 heterocycles. The van der Waals surface area contributed by atoms with Gasteiger partial charge in [0.1, 0.15) is 35.7 Å². The molecular formula is C27H30ClFN4O6. The lowest BCUT2D eigenvalue weighted by molar-refractivity contribution is 0.00706. The lowest BCUT2D eigenvalue weighted by Crippen LogP contribution is -2.34. The molecule has 0 bridgehead atoms. The summed E-state index contributed by atoms with van der Waals surface area (Å²) in [6.45, 7) is 0.500. The van der Waals surface area contributed by atoms with E-state index in [4.69, 9.17) is 30.5 Å². The molecule has 1 aromatic carbocycles. The number of aliphatic hydroxyl groups is 2. The number of rotatable bonds is 6. The molecule has 4 aliphatic rings. The van der Waals surface area contributed by atoms with Crippen LogP contribution in [0.4, 0.5) is 10.2 Å². The molecule has 3 fully saturated rings. The summed E-state index contributed by atoms with van der Waals surface area (Å²) < 4.78 is 38.5. The molecular weight excluding hydrogens is 531 g/mol. The van der Waals surface area contributed by atoms with E-state index < -0.39 is 18.3 Å². The fraction of sp³-hybridized carbons (Fsp3) is 0.556. The van der Waals surface area contributed by atoms with E-state index in [0.29, 0.717) is 59.0 Å². The highest BCUT2D eigenvalue weighted by atomic mass is 35.5. The normalized spacial score (nSPS) is 31.8. The largest absolute Gasteiger partial charge is 0.490 e. The first-order valence-corrected chi connectivity index (χ1v) is 13.9. The number of hydrogen-bond donors (Lipinski definition) is 4. The quantitative estimate of drug-likeness (QED) is 0.358. The van der Waals surface area contributed by atoms with Gasteiger partial charge >= 0.3 is 0 Å². The maximum absolute atomic E-state index is 15.3. The smallest absolute Gasteiger partial charge is 0.296 e. The third-order valence-corrected chi connectivity index (χ3v) is 8.43. The van der Waals surface area contributed by atoms with Crippen molar-refractivity contribution in [2.24, 2.45) is 0 Å². The first kappa shape index (κ1) is 25.3. The van der Waals surface area contributed by atoms with Crippen LogP contribution < -0.4 is 14.8 Å². The van der Waals surface area contributed by atoms with E-state index in [2.05, 4.69) is 20.3 Å². The van der Waals surface area contributed by atoms with Crippen LogP contribution in [0.15, 0.2) is 18.2 Å². The number of halogens is 2. The number of anilines is 1. The predicted molar refractivity (Wildman–Crippen MR) is 139 cm³/mol. The molecule has 7 rings (SSSR count). The van der Waals surface area contributed by atoms with Crippen molar-refractivity contribution in [3.8, 4) is 11.8 Å². The second-order valence-electron chi connectivity index (χ2n) is 10.8. The molecule has 12 heteroatoms. The van der Waals surface area contributed by atoms with E-state index in [1.54, 1.807) is 6.07 Å². The number of hydrogen-bond acceptors (Lipinski definition) is 9. The second kappa shape index (κ2) is 10.0. The van der Waals surface area contributed by atoms with Gasteiger partial charge in [-0.2, -0.15) is 4.98 Å². The molecule has 0 unspecified atom stereocenters. The van der Waals surface area contributed by atoms with Crippen molar-refractivity contribution in [3.05, 3.63) is 40.2 Å². The molecule has 0 radical (unpaired) electrons. The van der Waals surface area contributed by atoms with E-state index in [9.17, 15) is 10.2 Å². The molecule has 39 heavy (non-hydrogen) atoms. The number of nitrogens with zero attached hydrogens (tertiary/aromatic N) is 2. The lowest BCUT2D eigenvalue weighted by atomic mass is 9.95. The average Bonchev–Trinajstić information content (AvgIpc) is 3.67. The number of ether oxygens (including phenoxy) is 4. The molecule has 2 aliphatic heterocycles. The van der Waals surface area contributed by atoms with E-state index in [0.717, 1.165) is 18.4 Å². The van der Waals surface area contributed by atoms with Gasteiger partial charge in [0.25, 0.3) is 6.01 Å². The average molecular weight is 561 g/mol. The standard InChI is InChI=1S/C27H30ClFN4O6/c28-16-9-19-26(33-27(31-19)39-21-11-37-23-20(35)10-36-24(21)23)32-25(16)30-18-6-1-12-7-15(8-17(29)22(12)18)38-14-4-2-13(34)3-5-14/h7-9,13-14,18,20-21,23-24,34-35H,1-6,10-11H2,(H2,30,31,32,33)/t13?,14?,18-,20+,21+,23+,24+/m0/s1. The molecule has 10 nitrogen and oxygen atoms in total. The minimum absolute atomic E-state index is 0.00135. The highest BCUT2D eigenvalue weighted by Crippen LogP contribution is 2.40. The van der Waals surface area contributed by atoms with E-state index in [-0.39, 0.29) is 49.4 Å². The van der Waals surface area contributed by atoms with Crippen molar-refractivity contribution in [1.29, 1.82) is 0 Å². The fourth-order valence-corrected chi connectivity index (χ4v) is 6.37. The number of imidazole rings is 1. The molecule has 2 aromatic heterocycles. The Labute approximate surface area is 228 Å². The minimum atomic E-state index is -0.662. The lowest BCUT2D eigenvalue weighted by Gasteiger charge is -2.26. The summed E-state index contributed by atoms with van der Waals surface area (Å²) >= 11 is 6.55. The topological polar surface area (TPSA) is 131 Å². The summed E-state index contributed by atoms with van der Waals surface area (Å²) in [7, 11) is 0. The Hall–Kier alpha value is -2.70. The van der Waals surface area contributed by atoms with Crippen LogP contribution in [0.2, 0.25) is 5.02 Å². The van der Waals surface area contributed by atoms with Gasteiger partial charge in [0.2, 0.25) is 0 Å². The van der Waals surface area contributed by atoms with E-state index >= 15 is 4.39 Å². The summed E-state index contributed by atoms with van der Waals surface area (Å²) in [5.74, 6) is 0.621. The number of fused-ring (bicyclic) bond motifs is 3. The molecule has 208 valence electrons. The van der Waals surface area contributed by atoms with Crippen molar-refractivity contribution in [3.63, 3.8) is 0 Å². The molecule has 1 saturated carbocycles. The Balaban J connectivity index is 1.06. The van der Waals surface area contributed by atoms with Crippen LogP contribution in [-0.4, -0.2) is 75.0 Å². The van der Waals surface area contributed by atoms with Crippen LogP contribution in [0.25, 0.3) is 11.2 Å². The van der Waals surface area contributed by atoms with Crippen molar-refractivity contribution in [1.82, 2.24) is 15.0 Å². The number of aliphatic hydroxyl groups excluding tert-OH is 2. The van der Waals surface area contributed by atoms with E-state index in [1.807, 2.05) is 6.07 Å². The summed E-state index contributed by atoms with van der Waals surface area (Å²) in [4.78, 5) is 12.1. The first-order chi connectivity index (χ1) is 18.9. The molecule has 2 aliphatic carbocycles. The summed E-state index contributed by atoms with van der Waals surface area (Å²) in [5, 5.41) is 23.3. The summed E-state index contributed by atoms with van der Waals surface area (Å²) in [6, 6.07) is 5.03. The number of aromatic nitrogens is 3. The second-order valence-corrected chi connectivity index (χ2v) is 11.2. The van der Waals surface area contributed by atoms with Crippen LogP contribution in [-0.2, 0) is 15.9 Å². The maximum atomic E-state index is 15.3. The Morgan fingerprint density at radius 2 is 1.82 bits per heavy atom. The highest BCUT2D eigenvalue weighted by Gasteiger charge is 2.48. The van der Waals surface area contributed by atoms with Crippen LogP contribution in [0.3, 0.4) is 0 Å². The molecule has 4 N–H and O–H groups in total. The third kappa shape index (κ3) is 4.80. The van der Waals surface area contributed by atoms with E-state index in [1.165, 1.54) is 6.07 Å². The summed E-state index contributed by atoms with van der Waals surface area (Å²) in [6.07, 6.45) is 2.25. The number of H-pyrrole nitrogens is 1. The fourth-order valence-electron chi connectivity index (χ4n) is 6.16. The van der Waals surface area contributed by atoms with Gasteiger partial charge in [0, 0.05) is 11.6 Å². The monoisotopic (exact) mass is 560 g/mol. The Kier molecular flexibility index (Phi) is 6.51. The first-order valence-electron chi connectivity index (χ1n) is 13.5. The minimum Gasteiger partial charge on any atom is -0.490 e. The number of aryl methyl sites for hydroxylation is 1. The van der Waals surface area contributed by atoms with Gasteiger partial charge in [0.05, 0.1) is 42.0 Å². The van der Waals surface area contributed by atoms with Gasteiger partial charge in [-0.05, 0) is 56.2 Å². The zero-order valence-corrected chi connectivity index (χ0v) is 21.9. The molecule has 5 atom stereocenters. The van der Waals surface area contributed by atoms with Gasteiger partial charge in [-0.3, -0.25) is 0 Å². The number of aromatic amines is 1. The number of nitrogens with one attached hydrogen (secondary N) is 2. The molecule has 2 saturated heterocycles. The SMILES string of the molecule is OC1CCC(Oc2cc(F)c3c(c2)CC[C@@H]3Nc2nc3nc(O[C@@H]4CO[C@H]5[C@@H]4OC[C@H]5O)[nH]c3cc2Cl)CC1. The van der Waals surface area contributed by atoms with Gasteiger partial charge < -0.3 is 39.5 Å². The zero-order chi connectivity index (χ0) is 26.7. The molecule has 3 aromatic rings. The van der Waals surface area contributed by atoms with Crippen molar-refractivity contribution in [2.45, 2.75) is 81.2 Å². The Morgan fingerprint density at radius 3 is 2.67 bits per heavy atom. The predicted octanol–water partition coefficient (Wildman–Crippen LogP) is 3.44. The summed E-state index contributed by atoms with van der Waals surface area (Å²) in [5.41, 5.74) is 2.50. The Bertz CT molecular complexity index is 1380. The third-order valence-electron chi connectivity index (χ3n) is 8.15. The number of benzene rings is 1. The van der Waals surface area contributed by atoms with Gasteiger partial charge in [-0.1, -0.05) is 11.6 Å². The molecule has 0 amide bonds. The van der Waals surface area contributed by atoms with Gasteiger partial charge in [0.15, 0.2) is 11.8 Å². The maximum Gasteiger partial charge on any atom is 0.296 e. The molecule has 0 spiro atoms. The zero-order valence-electron chi connectivity index (χ0n) is 21.1. The number of pyridine rings is 1. The van der Waals surface area contributed by atoms with Crippen molar-refractivity contribution in [2.75, 3.05) is 18.5 Å². The van der Waals surface area contributed by atoms with Crippen LogP contribution >= 0.6 is 11.6 Å². The van der Waals surface area contributed by atoms with Gasteiger partial charge in [-0.15, -0.1) is 0 Å². The Morgan fingerprint density at radius 1 is 1.00 bits per heavy atom. The van der Waals surface area contributed by atoms with Crippen molar-refractivity contribution >= 4 is 28.6 Å². The highest BCUT2D eigenvalue weighted by molar-refractivity contribution is 6.33. The van der Waals surface area contributed by atoms with Crippen LogP contribution in [0.5, 0.6) is 11.8 Å². The van der Waals surface area contributed by atoms with Gasteiger partial charge in [-0.25, -0.2) is 9.37 Å². The van der Waals surface area contributed by atoms with Crippen molar-refractivity contribution < 1.29 is 33.6 Å². The van der Waals surface area contributed by atoms with Crippen LogP contribution in [0.1, 0.15) is 49.3 Å². The van der Waals surface area contributed by atoms with Crippen LogP contribution in [0, 0.1) is 5.82 Å².